The fourth-order valence-corrected chi connectivity index (χ4v) is 3.34. The molecule has 0 aliphatic rings. The minimum absolute atomic E-state index is 0.355. The molecular weight excluding hydrogens is 536 g/mol. The minimum atomic E-state index is 0.355. The molecule has 30 heavy (non-hydrogen) atoms. The van der Waals surface area contributed by atoms with Gasteiger partial charge in [0.25, 0.3) is 0 Å². The molecule has 184 valence electrons. The van der Waals surface area contributed by atoms with Crippen molar-refractivity contribution in [2.24, 2.45) is 22.2 Å². The Bertz CT molecular complexity index is 400. The molecule has 0 aliphatic carbocycles. The number of hydrogen-bond donors (Lipinski definition) is 2. The van der Waals surface area contributed by atoms with E-state index >= 15 is 0 Å². The van der Waals surface area contributed by atoms with Crippen LogP contribution < -0.4 is 10.6 Å². The van der Waals surface area contributed by atoms with Crippen LogP contribution in [0.5, 0.6) is 0 Å². The van der Waals surface area contributed by atoms with Crippen molar-refractivity contribution in [1.82, 2.24) is 10.6 Å². The second-order valence-electron chi connectivity index (χ2n) is 10.7. The Labute approximate surface area is 203 Å². The molecule has 0 bridgehead atoms. The van der Waals surface area contributed by atoms with Crippen LogP contribution in [0.4, 0.5) is 0 Å². The summed E-state index contributed by atoms with van der Waals surface area (Å²) < 4.78 is 1.31. The van der Waals surface area contributed by atoms with E-state index in [0.717, 1.165) is 19.0 Å². The van der Waals surface area contributed by atoms with Crippen molar-refractivity contribution < 1.29 is 19.4 Å². The third-order valence-electron chi connectivity index (χ3n) is 6.36. The average molecular weight is 597 g/mol. The molecule has 0 heterocycles. The first-order valence-corrected chi connectivity index (χ1v) is 14.3. The molecule has 0 aliphatic heterocycles. The molecule has 0 amide bonds. The maximum absolute atomic E-state index is 3.66. The summed E-state index contributed by atoms with van der Waals surface area (Å²) in [7, 11) is 0. The molecule has 3 heteroatoms. The molecule has 1 unspecified atom stereocenters. The van der Waals surface area contributed by atoms with Crippen LogP contribution >= 0.6 is 0 Å². The van der Waals surface area contributed by atoms with Crippen molar-refractivity contribution in [2.45, 2.75) is 135 Å². The summed E-state index contributed by atoms with van der Waals surface area (Å²) in [6.07, 6.45) is 9.11. The molecule has 0 spiro atoms. The second kappa shape index (κ2) is 19.0. The van der Waals surface area contributed by atoms with Crippen molar-refractivity contribution >= 4 is 4.15 Å². The standard InChI is InChI=1S/C23H48N2.2C2H6.W/c1-10-21(4,5)14-12-20(3)13-17-24-19-25-18-23(8,9)16-15-22(6,7)11-2;2*1-2;/h20,24-25H,10-18H2,1-9H3;2*1-2H3;. The zero-order chi connectivity index (χ0) is 24.4. The van der Waals surface area contributed by atoms with Gasteiger partial charge < -0.3 is 0 Å². The molecular formula is C27H60N2W. The summed E-state index contributed by atoms with van der Waals surface area (Å²) in [5, 5.41) is 7.28. The van der Waals surface area contributed by atoms with E-state index in [1.165, 1.54) is 68.4 Å². The molecule has 2 N–H and O–H groups in total. The zero-order valence-electron chi connectivity index (χ0n) is 23.3. The van der Waals surface area contributed by atoms with Gasteiger partial charge in [0.2, 0.25) is 0 Å². The Balaban J connectivity index is -0.00000171. The van der Waals surface area contributed by atoms with Gasteiger partial charge in [0.15, 0.2) is 0 Å². The quantitative estimate of drug-likeness (QED) is 0.199. The Hall–Kier alpha value is 0.478. The van der Waals surface area contributed by atoms with Crippen LogP contribution in [0.15, 0.2) is 0 Å². The summed E-state index contributed by atoms with van der Waals surface area (Å²) in [6.45, 7) is 31.6. The van der Waals surface area contributed by atoms with Gasteiger partial charge in [-0.3, -0.25) is 0 Å². The SMILES string of the molecule is CC.CC.CCC(C)(C)CCC(C)CCN[C](=[W])NCC(C)(C)CCC(C)(C)CC. The van der Waals surface area contributed by atoms with Crippen LogP contribution in [0.3, 0.4) is 0 Å². The van der Waals surface area contributed by atoms with E-state index in [0.29, 0.717) is 16.2 Å². The van der Waals surface area contributed by atoms with Crippen molar-refractivity contribution in [1.29, 1.82) is 0 Å². The first kappa shape index (κ1) is 35.1. The molecule has 0 saturated carbocycles. The Kier molecular flexibility index (Phi) is 22.2. The van der Waals surface area contributed by atoms with Crippen LogP contribution in [0.2, 0.25) is 0 Å². The molecule has 0 aromatic carbocycles. The van der Waals surface area contributed by atoms with Gasteiger partial charge in [0.1, 0.15) is 0 Å². The summed E-state index contributed by atoms with van der Waals surface area (Å²) in [5.74, 6) is 0.809. The van der Waals surface area contributed by atoms with Gasteiger partial charge in [-0.1, -0.05) is 27.7 Å². The van der Waals surface area contributed by atoms with Gasteiger partial charge in [-0.05, 0) is 0 Å². The summed E-state index contributed by atoms with van der Waals surface area (Å²) in [4.78, 5) is 0. The van der Waals surface area contributed by atoms with Crippen molar-refractivity contribution in [3.05, 3.63) is 0 Å². The van der Waals surface area contributed by atoms with Crippen molar-refractivity contribution in [2.75, 3.05) is 13.1 Å². The van der Waals surface area contributed by atoms with Gasteiger partial charge in [0, 0.05) is 0 Å². The summed E-state index contributed by atoms with van der Waals surface area (Å²) >= 11 is 1.52. The third-order valence-corrected chi connectivity index (χ3v) is 7.39. The summed E-state index contributed by atoms with van der Waals surface area (Å²) in [6, 6.07) is 0. The van der Waals surface area contributed by atoms with Crippen molar-refractivity contribution in [3.8, 4) is 0 Å². The van der Waals surface area contributed by atoms with Gasteiger partial charge in [0.05, 0.1) is 0 Å². The second-order valence-corrected chi connectivity index (χ2v) is 12.2. The molecule has 0 aromatic rings. The maximum atomic E-state index is 3.66. The van der Waals surface area contributed by atoms with E-state index in [1.54, 1.807) is 0 Å². The van der Waals surface area contributed by atoms with E-state index in [9.17, 15) is 0 Å². The average Bonchev–Trinajstić information content (AvgIpc) is 2.73. The monoisotopic (exact) mass is 596 g/mol. The number of hydrogen-bond acceptors (Lipinski definition) is 2. The molecule has 2 nitrogen and oxygen atoms in total. The van der Waals surface area contributed by atoms with Gasteiger partial charge in [-0.2, -0.15) is 0 Å². The van der Waals surface area contributed by atoms with Crippen LogP contribution in [-0.2, 0) is 19.4 Å². The van der Waals surface area contributed by atoms with E-state index in [2.05, 4.69) is 72.9 Å². The van der Waals surface area contributed by atoms with Gasteiger partial charge in [-0.25, -0.2) is 0 Å². The van der Waals surface area contributed by atoms with E-state index < -0.39 is 0 Å². The molecule has 0 saturated heterocycles. The topological polar surface area (TPSA) is 24.1 Å². The molecule has 0 rings (SSSR count). The molecule has 0 aromatic heterocycles. The fourth-order valence-electron chi connectivity index (χ4n) is 2.71. The fraction of sp³-hybridized carbons (Fsp3) is 0.963. The van der Waals surface area contributed by atoms with Gasteiger partial charge in [-0.15, -0.1) is 0 Å². The predicted octanol–water partition coefficient (Wildman–Crippen LogP) is 8.34. The summed E-state index contributed by atoms with van der Waals surface area (Å²) in [5.41, 5.74) is 1.34. The molecule has 1 atom stereocenters. The van der Waals surface area contributed by atoms with E-state index in [1.807, 2.05) is 27.7 Å². The van der Waals surface area contributed by atoms with Crippen molar-refractivity contribution in [3.63, 3.8) is 0 Å². The van der Waals surface area contributed by atoms with Crippen LogP contribution in [0, 0.1) is 22.2 Å². The van der Waals surface area contributed by atoms with Crippen LogP contribution in [0.25, 0.3) is 0 Å². The van der Waals surface area contributed by atoms with E-state index in [4.69, 9.17) is 0 Å². The number of rotatable bonds is 15. The Morgan fingerprint density at radius 2 is 1.13 bits per heavy atom. The Morgan fingerprint density at radius 1 is 0.700 bits per heavy atom. The normalized spacial score (nSPS) is 13.0. The first-order valence-electron chi connectivity index (χ1n) is 12.8. The Morgan fingerprint density at radius 3 is 1.60 bits per heavy atom. The van der Waals surface area contributed by atoms with Crippen LogP contribution in [0.1, 0.15) is 135 Å². The third kappa shape index (κ3) is 21.7. The van der Waals surface area contributed by atoms with E-state index in [-0.39, 0.29) is 0 Å². The molecule has 0 radical (unpaired) electrons. The predicted molar refractivity (Wildman–Crippen MR) is 138 cm³/mol. The zero-order valence-corrected chi connectivity index (χ0v) is 26.3. The number of nitrogens with one attached hydrogen (secondary N) is 2. The first-order chi connectivity index (χ1) is 13.8. The van der Waals surface area contributed by atoms with Gasteiger partial charge >= 0.3 is 177 Å². The molecule has 0 fully saturated rings. The van der Waals surface area contributed by atoms with Crippen LogP contribution in [-0.4, -0.2) is 17.2 Å².